The summed E-state index contributed by atoms with van der Waals surface area (Å²) in [6, 6.07) is 4.35. The lowest BCUT2D eigenvalue weighted by Gasteiger charge is -2.22. The number of pyridine rings is 2. The molecule has 3 N–H and O–H groups in total. The molecule has 0 fully saturated rings. The highest BCUT2D eigenvalue weighted by Gasteiger charge is 2.14. The van der Waals surface area contributed by atoms with Gasteiger partial charge in [-0.15, -0.1) is 0 Å². The van der Waals surface area contributed by atoms with Crippen LogP contribution in [0, 0.1) is 0 Å². The van der Waals surface area contributed by atoms with E-state index in [4.69, 9.17) is 5.73 Å². The fourth-order valence-electron chi connectivity index (χ4n) is 2.81. The summed E-state index contributed by atoms with van der Waals surface area (Å²) in [5.41, 5.74) is 9.10. The average Bonchev–Trinajstić information content (AvgIpc) is 2.52. The van der Waals surface area contributed by atoms with E-state index in [1.165, 1.54) is 24.8 Å². The highest BCUT2D eigenvalue weighted by molar-refractivity contribution is 5.87. The van der Waals surface area contributed by atoms with Gasteiger partial charge in [0.05, 0.1) is 5.69 Å². The van der Waals surface area contributed by atoms with Crippen molar-refractivity contribution in [3.05, 3.63) is 48.1 Å². The van der Waals surface area contributed by atoms with Crippen molar-refractivity contribution in [3.63, 3.8) is 0 Å². The number of dihydropyridines is 1. The van der Waals surface area contributed by atoms with Crippen molar-refractivity contribution >= 4 is 22.2 Å². The number of aromatic nitrogens is 2. The number of hydrogen-bond acceptors (Lipinski definition) is 4. The first-order valence-electron chi connectivity index (χ1n) is 7.84. The summed E-state index contributed by atoms with van der Waals surface area (Å²) in [7, 11) is 0. The van der Waals surface area contributed by atoms with Crippen molar-refractivity contribution in [2.75, 3.05) is 5.73 Å². The van der Waals surface area contributed by atoms with Gasteiger partial charge in [-0.05, 0) is 31.1 Å². The molecule has 0 aromatic carbocycles. The number of nitrogens with zero attached hydrogens (tertiary/aromatic N) is 2. The normalized spacial score (nSPS) is 17.8. The Kier molecular flexibility index (Phi) is 4.09. The number of rotatable bonds is 4. The molecule has 2 aromatic rings. The maximum absolute atomic E-state index is 5.71. The Bertz CT molecular complexity index is 746. The van der Waals surface area contributed by atoms with Gasteiger partial charge in [0.1, 0.15) is 5.82 Å². The van der Waals surface area contributed by atoms with Gasteiger partial charge in [0.2, 0.25) is 0 Å². The zero-order valence-corrected chi connectivity index (χ0v) is 13.1. The molecule has 4 heteroatoms. The van der Waals surface area contributed by atoms with Crippen LogP contribution in [0.1, 0.15) is 38.8 Å². The summed E-state index contributed by atoms with van der Waals surface area (Å²) in [5, 5.41) is 5.55. The number of nitrogens with two attached hydrogens (primary N) is 1. The van der Waals surface area contributed by atoms with E-state index in [1.807, 2.05) is 12.3 Å². The average molecular weight is 294 g/mol. The lowest BCUT2D eigenvalue weighted by molar-refractivity contribution is 0.591. The molecular formula is C18H22N4. The van der Waals surface area contributed by atoms with Crippen LogP contribution in [0.4, 0.5) is 5.82 Å². The van der Waals surface area contributed by atoms with Gasteiger partial charge in [0, 0.05) is 41.0 Å². The molecule has 4 nitrogen and oxygen atoms in total. The molecule has 0 amide bonds. The van der Waals surface area contributed by atoms with Crippen LogP contribution < -0.4 is 11.1 Å². The van der Waals surface area contributed by atoms with Gasteiger partial charge >= 0.3 is 0 Å². The maximum atomic E-state index is 5.71. The summed E-state index contributed by atoms with van der Waals surface area (Å²) in [5.74, 6) is 0.524. The second-order valence-corrected chi connectivity index (χ2v) is 5.85. The largest absolute Gasteiger partial charge is 0.384 e. The second kappa shape index (κ2) is 6.18. The van der Waals surface area contributed by atoms with E-state index < -0.39 is 0 Å². The molecule has 1 aliphatic heterocycles. The number of allylic oxidation sites excluding steroid dienone is 2. The first-order valence-corrected chi connectivity index (χ1v) is 7.84. The Balaban J connectivity index is 1.87. The summed E-state index contributed by atoms with van der Waals surface area (Å²) in [6.07, 6.45) is 11.7. The molecule has 0 radical (unpaired) electrons. The molecule has 0 bridgehead atoms. The van der Waals surface area contributed by atoms with E-state index in [2.05, 4.69) is 47.5 Å². The molecule has 3 rings (SSSR count). The Morgan fingerprint density at radius 1 is 1.18 bits per heavy atom. The van der Waals surface area contributed by atoms with Crippen molar-refractivity contribution in [1.29, 1.82) is 0 Å². The molecule has 1 unspecified atom stereocenters. The monoisotopic (exact) mass is 294 g/mol. The van der Waals surface area contributed by atoms with Crippen LogP contribution in [0.5, 0.6) is 0 Å². The number of nitrogens with one attached hydrogen (secondary N) is 1. The standard InChI is InChI=1S/C18H22N4/c1-3-4-5-15-6-12(2)16(11-20-15)17-7-13-10-22-18(19)8-14(13)9-21-17/h6-11,15,20H,3-5H2,1-2H3,(H2,19,22). The van der Waals surface area contributed by atoms with Gasteiger partial charge in [-0.1, -0.05) is 25.8 Å². The number of unbranched alkanes of at least 4 members (excludes halogenated alkanes) is 1. The quantitative estimate of drug-likeness (QED) is 0.903. The summed E-state index contributed by atoms with van der Waals surface area (Å²) >= 11 is 0. The predicted octanol–water partition coefficient (Wildman–Crippen LogP) is 3.66. The smallest absolute Gasteiger partial charge is 0.123 e. The Morgan fingerprint density at radius 3 is 2.73 bits per heavy atom. The lowest BCUT2D eigenvalue weighted by atomic mass is 9.96. The van der Waals surface area contributed by atoms with Crippen LogP contribution >= 0.6 is 0 Å². The highest BCUT2D eigenvalue weighted by atomic mass is 14.9. The number of hydrogen-bond donors (Lipinski definition) is 2. The molecular weight excluding hydrogens is 272 g/mol. The third kappa shape index (κ3) is 2.96. The Hall–Kier alpha value is -2.36. The van der Waals surface area contributed by atoms with E-state index >= 15 is 0 Å². The van der Waals surface area contributed by atoms with Gasteiger partial charge in [0.25, 0.3) is 0 Å². The molecule has 22 heavy (non-hydrogen) atoms. The van der Waals surface area contributed by atoms with E-state index in [1.54, 1.807) is 6.20 Å². The van der Waals surface area contributed by atoms with Gasteiger partial charge in [-0.2, -0.15) is 0 Å². The van der Waals surface area contributed by atoms with Crippen LogP contribution in [-0.4, -0.2) is 16.0 Å². The summed E-state index contributed by atoms with van der Waals surface area (Å²) in [6.45, 7) is 4.37. The van der Waals surface area contributed by atoms with Gasteiger partial charge in [0.15, 0.2) is 0 Å². The Labute approximate surface area is 131 Å². The highest BCUT2D eigenvalue weighted by Crippen LogP contribution is 2.27. The third-order valence-corrected chi connectivity index (χ3v) is 4.09. The summed E-state index contributed by atoms with van der Waals surface area (Å²) < 4.78 is 0. The molecule has 0 saturated carbocycles. The van der Waals surface area contributed by atoms with Crippen molar-refractivity contribution in [3.8, 4) is 0 Å². The van der Waals surface area contributed by atoms with E-state index in [0.29, 0.717) is 11.9 Å². The van der Waals surface area contributed by atoms with E-state index in [-0.39, 0.29) is 0 Å². The molecule has 0 aliphatic carbocycles. The molecule has 2 aromatic heterocycles. The zero-order chi connectivity index (χ0) is 15.5. The van der Waals surface area contributed by atoms with Crippen LogP contribution in [0.25, 0.3) is 16.3 Å². The molecule has 3 heterocycles. The minimum atomic E-state index is 0.436. The first-order chi connectivity index (χ1) is 10.7. The fourth-order valence-corrected chi connectivity index (χ4v) is 2.81. The van der Waals surface area contributed by atoms with Crippen molar-refractivity contribution in [2.45, 2.75) is 39.2 Å². The van der Waals surface area contributed by atoms with Crippen molar-refractivity contribution in [1.82, 2.24) is 15.3 Å². The lowest BCUT2D eigenvalue weighted by Crippen LogP contribution is -2.25. The molecule has 0 spiro atoms. The van der Waals surface area contributed by atoms with Gasteiger partial charge in [-0.25, -0.2) is 4.98 Å². The van der Waals surface area contributed by atoms with Crippen molar-refractivity contribution in [2.24, 2.45) is 0 Å². The fraction of sp³-hybridized carbons (Fsp3) is 0.333. The minimum Gasteiger partial charge on any atom is -0.384 e. The van der Waals surface area contributed by atoms with Crippen LogP contribution in [-0.2, 0) is 0 Å². The number of anilines is 1. The molecule has 114 valence electrons. The van der Waals surface area contributed by atoms with E-state index in [9.17, 15) is 0 Å². The van der Waals surface area contributed by atoms with Crippen LogP contribution in [0.15, 0.2) is 42.4 Å². The number of nitrogen functional groups attached to an aromatic ring is 1. The topological polar surface area (TPSA) is 63.8 Å². The number of fused-ring (bicyclic) bond motifs is 1. The second-order valence-electron chi connectivity index (χ2n) is 5.85. The first kappa shape index (κ1) is 14.6. The molecule has 1 aliphatic rings. The van der Waals surface area contributed by atoms with Gasteiger partial charge < -0.3 is 11.1 Å². The molecule has 0 saturated heterocycles. The summed E-state index contributed by atoms with van der Waals surface area (Å²) in [4.78, 5) is 8.74. The van der Waals surface area contributed by atoms with Crippen LogP contribution in [0.2, 0.25) is 0 Å². The predicted molar refractivity (Wildman–Crippen MR) is 92.1 cm³/mol. The third-order valence-electron chi connectivity index (χ3n) is 4.09. The minimum absolute atomic E-state index is 0.436. The maximum Gasteiger partial charge on any atom is 0.123 e. The zero-order valence-electron chi connectivity index (χ0n) is 13.1. The molecule has 1 atom stereocenters. The van der Waals surface area contributed by atoms with Crippen LogP contribution in [0.3, 0.4) is 0 Å². The van der Waals surface area contributed by atoms with E-state index in [0.717, 1.165) is 22.0 Å². The SMILES string of the molecule is CCCCC1C=C(C)C(c2cc3cnc(N)cc3cn2)=CN1. The van der Waals surface area contributed by atoms with Gasteiger partial charge in [-0.3, -0.25) is 4.98 Å². The Morgan fingerprint density at radius 2 is 1.95 bits per heavy atom. The van der Waals surface area contributed by atoms with Crippen molar-refractivity contribution < 1.29 is 0 Å².